The largest absolute Gasteiger partial charge is 0.286 e. The quantitative estimate of drug-likeness (QED) is 0.760. The summed E-state index contributed by atoms with van der Waals surface area (Å²) in [6, 6.07) is 16.2. The normalized spacial score (nSPS) is 19.0. The van der Waals surface area contributed by atoms with Gasteiger partial charge >= 0.3 is 0 Å². The first-order valence-corrected chi connectivity index (χ1v) is 9.47. The second kappa shape index (κ2) is 6.97. The summed E-state index contributed by atoms with van der Waals surface area (Å²) in [5.41, 5.74) is 2.40. The van der Waals surface area contributed by atoms with Crippen molar-refractivity contribution in [2.75, 3.05) is 6.61 Å². The zero-order chi connectivity index (χ0) is 16.3. The molecule has 120 valence electrons. The van der Waals surface area contributed by atoms with Crippen LogP contribution in [0.1, 0.15) is 12.0 Å². The third kappa shape index (κ3) is 4.51. The minimum Gasteiger partial charge on any atom is -0.286 e. The van der Waals surface area contributed by atoms with Gasteiger partial charge in [-0.3, -0.25) is 4.84 Å². The fraction of sp³-hybridized carbons (Fsp3) is 0.176. The van der Waals surface area contributed by atoms with Crippen molar-refractivity contribution in [3.05, 3.63) is 70.2 Å². The molecule has 1 unspecified atom stereocenters. The van der Waals surface area contributed by atoms with Crippen LogP contribution in [0, 0.1) is 5.92 Å². The average Bonchev–Trinajstić information content (AvgIpc) is 3.28. The number of halogens is 1. The van der Waals surface area contributed by atoms with Gasteiger partial charge in [0.1, 0.15) is 0 Å². The number of hydrogen-bond acceptors (Lipinski definition) is 3. The van der Waals surface area contributed by atoms with Crippen LogP contribution in [0.25, 0.3) is 6.08 Å². The summed E-state index contributed by atoms with van der Waals surface area (Å²) in [7, 11) is -3.61. The molecule has 0 amide bonds. The molecule has 0 spiro atoms. The predicted molar refractivity (Wildman–Crippen MR) is 92.9 cm³/mol. The smallest absolute Gasteiger partial charge is 0.262 e. The molecule has 6 heteroatoms. The van der Waals surface area contributed by atoms with Crippen molar-refractivity contribution in [1.29, 1.82) is 0 Å². The molecule has 0 saturated heterocycles. The van der Waals surface area contributed by atoms with Crippen molar-refractivity contribution in [3.63, 3.8) is 0 Å². The van der Waals surface area contributed by atoms with Gasteiger partial charge in [-0.25, -0.2) is 8.42 Å². The molecule has 4 nitrogen and oxygen atoms in total. The summed E-state index contributed by atoms with van der Waals surface area (Å²) >= 11 is 3.41. The van der Waals surface area contributed by atoms with Gasteiger partial charge in [-0.15, -0.1) is 0 Å². The molecule has 1 aliphatic rings. The Morgan fingerprint density at radius 3 is 2.52 bits per heavy atom. The number of rotatable bonds is 6. The van der Waals surface area contributed by atoms with Crippen molar-refractivity contribution < 1.29 is 13.3 Å². The zero-order valence-electron chi connectivity index (χ0n) is 12.3. The van der Waals surface area contributed by atoms with E-state index in [2.05, 4.69) is 26.9 Å². The van der Waals surface area contributed by atoms with Gasteiger partial charge in [0.15, 0.2) is 0 Å². The highest BCUT2D eigenvalue weighted by molar-refractivity contribution is 9.10. The van der Waals surface area contributed by atoms with Gasteiger partial charge in [0.25, 0.3) is 10.0 Å². The Hall–Kier alpha value is -1.47. The monoisotopic (exact) mass is 393 g/mol. The van der Waals surface area contributed by atoms with Crippen LogP contribution < -0.4 is 4.89 Å². The minimum absolute atomic E-state index is 0.196. The van der Waals surface area contributed by atoms with Gasteiger partial charge < -0.3 is 0 Å². The first kappa shape index (κ1) is 16.4. The topological polar surface area (TPSA) is 55.4 Å². The number of hydrogen-bond donors (Lipinski definition) is 1. The van der Waals surface area contributed by atoms with Crippen molar-refractivity contribution in [1.82, 2.24) is 4.89 Å². The van der Waals surface area contributed by atoms with E-state index in [9.17, 15) is 8.42 Å². The van der Waals surface area contributed by atoms with Gasteiger partial charge in [0.05, 0.1) is 11.5 Å². The highest BCUT2D eigenvalue weighted by Gasteiger charge is 2.30. The third-order valence-electron chi connectivity index (χ3n) is 3.58. The Labute approximate surface area is 144 Å². The molecule has 0 aliphatic heterocycles. The Balaban J connectivity index is 1.50. The minimum atomic E-state index is -3.61. The maximum absolute atomic E-state index is 12.0. The van der Waals surface area contributed by atoms with E-state index in [0.717, 1.165) is 16.5 Å². The van der Waals surface area contributed by atoms with E-state index < -0.39 is 10.0 Å². The molecule has 1 saturated carbocycles. The van der Waals surface area contributed by atoms with Crippen molar-refractivity contribution in [3.8, 4) is 0 Å². The third-order valence-corrected chi connectivity index (χ3v) is 5.33. The Bertz CT molecular complexity index is 801. The van der Waals surface area contributed by atoms with E-state index in [-0.39, 0.29) is 10.8 Å². The Kier molecular flexibility index (Phi) is 4.96. The lowest BCUT2D eigenvalue weighted by molar-refractivity contribution is 0.0867. The van der Waals surface area contributed by atoms with Crippen LogP contribution in [0.15, 0.2) is 69.5 Å². The van der Waals surface area contributed by atoms with E-state index in [1.807, 2.05) is 24.3 Å². The Morgan fingerprint density at radius 1 is 1.13 bits per heavy atom. The first-order chi connectivity index (χ1) is 11.0. The molecule has 1 N–H and O–H groups in total. The zero-order valence-corrected chi connectivity index (χ0v) is 14.7. The van der Waals surface area contributed by atoms with Gasteiger partial charge in [-0.1, -0.05) is 62.8 Å². The molecule has 23 heavy (non-hydrogen) atoms. The molecule has 3 rings (SSSR count). The van der Waals surface area contributed by atoms with E-state index >= 15 is 0 Å². The van der Waals surface area contributed by atoms with Gasteiger partial charge in [-0.2, -0.15) is 0 Å². The lowest BCUT2D eigenvalue weighted by Crippen LogP contribution is -2.25. The second-order valence-electron chi connectivity index (χ2n) is 5.38. The molecule has 2 aromatic rings. The van der Waals surface area contributed by atoms with E-state index in [0.29, 0.717) is 6.61 Å². The van der Waals surface area contributed by atoms with E-state index in [1.54, 1.807) is 18.2 Å². The summed E-state index contributed by atoms with van der Waals surface area (Å²) in [6.45, 7) is 0.342. The van der Waals surface area contributed by atoms with Crippen LogP contribution in [-0.4, -0.2) is 15.0 Å². The molecule has 0 heterocycles. The van der Waals surface area contributed by atoms with Crippen molar-refractivity contribution in [2.45, 2.75) is 11.3 Å². The summed E-state index contributed by atoms with van der Waals surface area (Å²) in [4.78, 5) is 7.55. The Morgan fingerprint density at radius 2 is 1.83 bits per heavy atom. The number of sulfonamides is 1. The number of benzene rings is 2. The SMILES string of the molecule is O=S(=O)(NOCC1C/C1=C/c1ccc(Br)cc1)c1ccccc1. The molecule has 1 fully saturated rings. The maximum atomic E-state index is 12.0. The molecular formula is C17H16BrNO3S. The van der Waals surface area contributed by atoms with Crippen LogP contribution in [0.4, 0.5) is 0 Å². The first-order valence-electron chi connectivity index (χ1n) is 7.19. The second-order valence-corrected chi connectivity index (χ2v) is 7.94. The van der Waals surface area contributed by atoms with Crippen LogP contribution in [0.5, 0.6) is 0 Å². The molecular weight excluding hydrogens is 378 g/mol. The van der Waals surface area contributed by atoms with Gasteiger partial charge in [0, 0.05) is 10.4 Å². The predicted octanol–water partition coefficient (Wildman–Crippen LogP) is 3.76. The molecule has 0 bridgehead atoms. The van der Waals surface area contributed by atoms with Gasteiger partial charge in [0.2, 0.25) is 0 Å². The van der Waals surface area contributed by atoms with Crippen LogP contribution in [0.3, 0.4) is 0 Å². The lowest BCUT2D eigenvalue weighted by atomic mass is 10.2. The number of nitrogens with one attached hydrogen (secondary N) is 1. The summed E-state index contributed by atoms with van der Waals surface area (Å²) in [5.74, 6) is 0.275. The molecule has 1 aliphatic carbocycles. The summed E-state index contributed by atoms with van der Waals surface area (Å²) in [6.07, 6.45) is 3.05. The van der Waals surface area contributed by atoms with Gasteiger partial charge in [-0.05, 0) is 36.2 Å². The van der Waals surface area contributed by atoms with E-state index in [1.165, 1.54) is 17.7 Å². The van der Waals surface area contributed by atoms with Crippen molar-refractivity contribution in [2.24, 2.45) is 5.92 Å². The maximum Gasteiger partial charge on any atom is 0.262 e. The average molecular weight is 394 g/mol. The van der Waals surface area contributed by atoms with Crippen LogP contribution >= 0.6 is 15.9 Å². The fourth-order valence-electron chi connectivity index (χ4n) is 2.20. The van der Waals surface area contributed by atoms with Crippen LogP contribution in [-0.2, 0) is 14.9 Å². The standard InChI is InChI=1S/C17H16BrNO3S/c18-16-8-6-13(7-9-16)10-14-11-15(14)12-22-19-23(20,21)17-4-2-1-3-5-17/h1-10,15,19H,11-12H2/b14-10-. The van der Waals surface area contributed by atoms with Crippen molar-refractivity contribution >= 4 is 32.0 Å². The van der Waals surface area contributed by atoms with E-state index in [4.69, 9.17) is 4.84 Å². The molecule has 0 aromatic heterocycles. The molecule has 2 aromatic carbocycles. The summed E-state index contributed by atoms with van der Waals surface area (Å²) in [5, 5.41) is 0. The summed E-state index contributed by atoms with van der Waals surface area (Å²) < 4.78 is 25.0. The highest BCUT2D eigenvalue weighted by atomic mass is 79.9. The highest BCUT2D eigenvalue weighted by Crippen LogP contribution is 2.39. The van der Waals surface area contributed by atoms with Crippen LogP contribution in [0.2, 0.25) is 0 Å². The lowest BCUT2D eigenvalue weighted by Gasteiger charge is -2.06. The molecule has 1 atom stereocenters. The fourth-order valence-corrected chi connectivity index (χ4v) is 3.30. The molecule has 0 radical (unpaired) electrons.